The molecule has 0 saturated carbocycles. The number of non-ortho nitro benzene ring substituents is 1. The van der Waals surface area contributed by atoms with Crippen LogP contribution < -0.4 is 15.8 Å². The first-order valence-electron chi connectivity index (χ1n) is 4.56. The van der Waals surface area contributed by atoms with Gasteiger partial charge in [-0.2, -0.15) is 0 Å². The summed E-state index contributed by atoms with van der Waals surface area (Å²) in [5, 5.41) is 12.3. The second kappa shape index (κ2) is 5.96. The van der Waals surface area contributed by atoms with Crippen LogP contribution in [0.15, 0.2) is 22.7 Å². The molecule has 18 heavy (non-hydrogen) atoms. The fourth-order valence-electron chi connectivity index (χ4n) is 1.03. The Morgan fingerprint density at radius 3 is 2.72 bits per heavy atom. The number of halogens is 1. The van der Waals surface area contributed by atoms with Gasteiger partial charge in [0.1, 0.15) is 5.75 Å². The zero-order chi connectivity index (χ0) is 13.7. The highest BCUT2D eigenvalue weighted by molar-refractivity contribution is 9.10. The number of nitro groups is 1. The maximum absolute atomic E-state index is 11.1. The first kappa shape index (κ1) is 13.9. The lowest BCUT2D eigenvalue weighted by atomic mass is 10.3. The fourth-order valence-corrected chi connectivity index (χ4v) is 1.39. The maximum atomic E-state index is 11.1. The Hall–Kier alpha value is -2.16. The number of ether oxygens (including phenoxy) is 1. The number of imide groups is 1. The molecule has 0 spiro atoms. The molecular formula is C9H8BrN3O5. The minimum absolute atomic E-state index is 0.115. The number of nitro benzene ring substituents is 1. The van der Waals surface area contributed by atoms with Crippen LogP contribution in [-0.2, 0) is 4.79 Å². The highest BCUT2D eigenvalue weighted by Gasteiger charge is 2.12. The van der Waals surface area contributed by atoms with Gasteiger partial charge in [0.15, 0.2) is 6.61 Å². The molecule has 0 unspecified atom stereocenters. The number of hydrogen-bond acceptors (Lipinski definition) is 5. The zero-order valence-corrected chi connectivity index (χ0v) is 10.5. The van der Waals surface area contributed by atoms with E-state index in [9.17, 15) is 19.7 Å². The minimum atomic E-state index is -0.998. The van der Waals surface area contributed by atoms with Gasteiger partial charge >= 0.3 is 6.03 Å². The van der Waals surface area contributed by atoms with Crippen LogP contribution in [0.3, 0.4) is 0 Å². The van der Waals surface area contributed by atoms with Crippen molar-refractivity contribution in [2.45, 2.75) is 0 Å². The van der Waals surface area contributed by atoms with Crippen molar-refractivity contribution < 1.29 is 19.2 Å². The van der Waals surface area contributed by atoms with Crippen LogP contribution in [-0.4, -0.2) is 23.5 Å². The molecule has 3 amide bonds. The molecular weight excluding hydrogens is 310 g/mol. The lowest BCUT2D eigenvalue weighted by molar-refractivity contribution is -0.385. The third-order valence-electron chi connectivity index (χ3n) is 1.75. The largest absolute Gasteiger partial charge is 0.482 e. The summed E-state index contributed by atoms with van der Waals surface area (Å²) in [6.07, 6.45) is 0. The number of primary amides is 1. The van der Waals surface area contributed by atoms with E-state index in [1.54, 1.807) is 5.32 Å². The normalized spacial score (nSPS) is 9.61. The maximum Gasteiger partial charge on any atom is 0.318 e. The molecule has 1 aromatic rings. The van der Waals surface area contributed by atoms with Crippen LogP contribution in [0.2, 0.25) is 0 Å². The third kappa shape index (κ3) is 4.01. The third-order valence-corrected chi connectivity index (χ3v) is 2.40. The van der Waals surface area contributed by atoms with Crippen LogP contribution in [0.1, 0.15) is 0 Å². The summed E-state index contributed by atoms with van der Waals surface area (Å²) < 4.78 is 5.46. The summed E-state index contributed by atoms with van der Waals surface area (Å²) in [5.74, 6) is -0.635. The van der Waals surface area contributed by atoms with Gasteiger partial charge in [-0.3, -0.25) is 20.2 Å². The molecule has 0 aliphatic rings. The molecule has 0 aromatic heterocycles. The van der Waals surface area contributed by atoms with Crippen LogP contribution in [0.4, 0.5) is 10.5 Å². The van der Waals surface area contributed by atoms with Gasteiger partial charge in [-0.15, -0.1) is 0 Å². The van der Waals surface area contributed by atoms with E-state index in [0.717, 1.165) is 6.07 Å². The van der Waals surface area contributed by atoms with E-state index >= 15 is 0 Å². The Morgan fingerprint density at radius 2 is 2.17 bits per heavy atom. The molecule has 3 N–H and O–H groups in total. The van der Waals surface area contributed by atoms with E-state index in [2.05, 4.69) is 15.9 Å². The molecule has 0 atom stereocenters. The summed E-state index contributed by atoms with van der Waals surface area (Å²) in [6.45, 7) is -0.483. The summed E-state index contributed by atoms with van der Waals surface area (Å²) in [6, 6.07) is 2.85. The van der Waals surface area contributed by atoms with E-state index in [-0.39, 0.29) is 11.4 Å². The van der Waals surface area contributed by atoms with Gasteiger partial charge < -0.3 is 10.5 Å². The Balaban J connectivity index is 2.72. The molecule has 9 heteroatoms. The Labute approximate surface area is 109 Å². The second-order valence-electron chi connectivity index (χ2n) is 3.07. The monoisotopic (exact) mass is 317 g/mol. The van der Waals surface area contributed by atoms with Crippen molar-refractivity contribution in [3.8, 4) is 5.75 Å². The molecule has 0 fully saturated rings. The quantitative estimate of drug-likeness (QED) is 0.631. The lowest BCUT2D eigenvalue weighted by Gasteiger charge is -2.07. The van der Waals surface area contributed by atoms with E-state index in [0.29, 0.717) is 4.47 Å². The number of nitrogens with one attached hydrogen (secondary N) is 1. The smallest absolute Gasteiger partial charge is 0.318 e. The van der Waals surface area contributed by atoms with E-state index < -0.39 is 23.5 Å². The molecule has 96 valence electrons. The van der Waals surface area contributed by atoms with Gasteiger partial charge in [0.05, 0.1) is 15.5 Å². The van der Waals surface area contributed by atoms with Gasteiger partial charge in [0, 0.05) is 6.07 Å². The van der Waals surface area contributed by atoms with Gasteiger partial charge in [-0.25, -0.2) is 4.79 Å². The molecule has 0 heterocycles. The van der Waals surface area contributed by atoms with Crippen molar-refractivity contribution in [2.24, 2.45) is 5.73 Å². The van der Waals surface area contributed by atoms with Crippen LogP contribution in [0, 0.1) is 10.1 Å². The number of benzene rings is 1. The Morgan fingerprint density at radius 1 is 1.50 bits per heavy atom. The number of nitrogens with two attached hydrogens (primary N) is 1. The first-order chi connectivity index (χ1) is 8.40. The molecule has 8 nitrogen and oxygen atoms in total. The molecule has 0 aliphatic carbocycles. The molecule has 0 aliphatic heterocycles. The van der Waals surface area contributed by atoms with Crippen LogP contribution in [0.25, 0.3) is 0 Å². The molecule has 0 saturated heterocycles. The average molecular weight is 318 g/mol. The topological polar surface area (TPSA) is 125 Å². The number of rotatable bonds is 4. The number of nitrogens with zero attached hydrogens (tertiary/aromatic N) is 1. The van der Waals surface area contributed by atoms with E-state index in [1.165, 1.54) is 12.1 Å². The predicted octanol–water partition coefficient (Wildman–Crippen LogP) is 0.931. The van der Waals surface area contributed by atoms with Gasteiger partial charge in [0.2, 0.25) is 0 Å². The molecule has 1 rings (SSSR count). The summed E-state index contributed by atoms with van der Waals surface area (Å²) >= 11 is 3.11. The SMILES string of the molecule is NC(=O)NC(=O)COc1cc([N+](=O)[O-])ccc1Br. The van der Waals surface area contributed by atoms with Crippen molar-refractivity contribution in [1.29, 1.82) is 0 Å². The van der Waals surface area contributed by atoms with E-state index in [4.69, 9.17) is 10.5 Å². The van der Waals surface area contributed by atoms with Crippen molar-refractivity contribution in [3.05, 3.63) is 32.8 Å². The fraction of sp³-hybridized carbons (Fsp3) is 0.111. The van der Waals surface area contributed by atoms with Crippen molar-refractivity contribution in [1.82, 2.24) is 5.32 Å². The highest BCUT2D eigenvalue weighted by atomic mass is 79.9. The lowest BCUT2D eigenvalue weighted by Crippen LogP contribution is -2.38. The van der Waals surface area contributed by atoms with Gasteiger partial charge in [-0.1, -0.05) is 0 Å². The minimum Gasteiger partial charge on any atom is -0.482 e. The summed E-state index contributed by atoms with van der Waals surface area (Å²) in [7, 11) is 0. The number of hydrogen-bond donors (Lipinski definition) is 2. The Kier molecular flexibility index (Phi) is 4.60. The van der Waals surface area contributed by atoms with Crippen molar-refractivity contribution in [3.63, 3.8) is 0 Å². The molecule has 1 aromatic carbocycles. The summed E-state index contributed by atoms with van der Waals surface area (Å²) in [5.41, 5.74) is 4.55. The predicted molar refractivity (Wildman–Crippen MR) is 64.0 cm³/mol. The number of carbonyl (C=O) groups excluding carboxylic acids is 2. The van der Waals surface area contributed by atoms with Crippen molar-refractivity contribution in [2.75, 3.05) is 6.61 Å². The standard InChI is InChI=1S/C9H8BrN3O5/c10-6-2-1-5(13(16)17)3-7(6)18-4-8(14)12-9(11)15/h1-3H,4H2,(H3,11,12,14,15). The van der Waals surface area contributed by atoms with Crippen LogP contribution >= 0.6 is 15.9 Å². The first-order valence-corrected chi connectivity index (χ1v) is 5.35. The highest BCUT2D eigenvalue weighted by Crippen LogP contribution is 2.29. The van der Waals surface area contributed by atoms with Crippen LogP contribution in [0.5, 0.6) is 5.75 Å². The van der Waals surface area contributed by atoms with E-state index in [1.807, 2.05) is 0 Å². The molecule has 0 radical (unpaired) electrons. The van der Waals surface area contributed by atoms with Gasteiger partial charge in [0.25, 0.3) is 11.6 Å². The Bertz CT molecular complexity index is 505. The molecule has 0 bridgehead atoms. The number of carbonyl (C=O) groups is 2. The number of amides is 3. The number of urea groups is 1. The van der Waals surface area contributed by atoms with Crippen molar-refractivity contribution >= 4 is 33.6 Å². The van der Waals surface area contributed by atoms with Gasteiger partial charge in [-0.05, 0) is 22.0 Å². The second-order valence-corrected chi connectivity index (χ2v) is 3.93. The zero-order valence-electron chi connectivity index (χ0n) is 8.88. The average Bonchev–Trinajstić information content (AvgIpc) is 2.26. The summed E-state index contributed by atoms with van der Waals surface area (Å²) in [4.78, 5) is 31.4.